The third kappa shape index (κ3) is 2.67. The lowest BCUT2D eigenvalue weighted by atomic mass is 9.81. The normalized spacial score (nSPS) is 26.6. The van der Waals surface area contributed by atoms with Gasteiger partial charge in [-0.3, -0.25) is 9.69 Å². The molecule has 2 heterocycles. The Balaban J connectivity index is 1.52. The van der Waals surface area contributed by atoms with Gasteiger partial charge in [-0.2, -0.15) is 4.98 Å². The van der Waals surface area contributed by atoms with Gasteiger partial charge in [-0.05, 0) is 49.9 Å². The van der Waals surface area contributed by atoms with Crippen LogP contribution in [0.5, 0.6) is 5.75 Å². The Labute approximate surface area is 152 Å². The van der Waals surface area contributed by atoms with E-state index in [-0.39, 0.29) is 12.0 Å². The Morgan fingerprint density at radius 3 is 2.85 bits per heavy atom. The zero-order valence-electron chi connectivity index (χ0n) is 15.0. The second kappa shape index (κ2) is 6.39. The van der Waals surface area contributed by atoms with Crippen molar-refractivity contribution in [1.29, 1.82) is 0 Å². The molecule has 7 heteroatoms. The maximum absolute atomic E-state index is 11.9. The fraction of sp³-hybridized carbons (Fsp3) is 0.526. The molecule has 4 rings (SSSR count). The van der Waals surface area contributed by atoms with E-state index in [1.807, 2.05) is 31.2 Å². The first-order valence-corrected chi connectivity index (χ1v) is 8.99. The van der Waals surface area contributed by atoms with Gasteiger partial charge in [0.2, 0.25) is 11.7 Å². The van der Waals surface area contributed by atoms with Gasteiger partial charge in [-0.1, -0.05) is 11.6 Å². The average Bonchev–Trinajstić information content (AvgIpc) is 3.35. The second-order valence-corrected chi connectivity index (χ2v) is 7.34. The maximum Gasteiger partial charge on any atom is 0.311 e. The summed E-state index contributed by atoms with van der Waals surface area (Å²) in [5.74, 6) is 1.37. The molecule has 1 saturated heterocycles. The fourth-order valence-electron chi connectivity index (χ4n) is 4.39. The number of carbonyl (C=O) groups is 1. The van der Waals surface area contributed by atoms with Crippen LogP contribution in [0.25, 0.3) is 11.4 Å². The quantitative estimate of drug-likeness (QED) is 0.880. The number of aliphatic carboxylic acids is 1. The molecule has 2 aromatic rings. The Kier molecular flexibility index (Phi) is 4.19. The number of benzene rings is 1. The predicted octanol–water partition coefficient (Wildman–Crippen LogP) is 2.99. The summed E-state index contributed by atoms with van der Waals surface area (Å²) in [6.45, 7) is 3.32. The van der Waals surface area contributed by atoms with Gasteiger partial charge in [-0.25, -0.2) is 0 Å². The first kappa shape index (κ1) is 17.0. The van der Waals surface area contributed by atoms with E-state index < -0.39 is 11.4 Å². The molecule has 1 aliphatic heterocycles. The molecule has 2 fully saturated rings. The molecular formula is C19H23N3O4. The molecule has 1 unspecified atom stereocenters. The smallest absolute Gasteiger partial charge is 0.311 e. The zero-order chi connectivity index (χ0) is 18.3. The van der Waals surface area contributed by atoms with Gasteiger partial charge >= 0.3 is 5.97 Å². The van der Waals surface area contributed by atoms with Crippen LogP contribution in [0.3, 0.4) is 0 Å². The highest BCUT2D eigenvalue weighted by atomic mass is 16.5. The highest BCUT2D eigenvalue weighted by Crippen LogP contribution is 2.50. The SMILES string of the molecule is COc1ccc(-c2noc(C(C)N3C[C@@H]4CCC[C@@]4(C(=O)O)C3)n2)cc1. The fourth-order valence-corrected chi connectivity index (χ4v) is 4.39. The van der Waals surface area contributed by atoms with Gasteiger partial charge in [0.15, 0.2) is 0 Å². The Bertz CT molecular complexity index is 803. The molecule has 3 atom stereocenters. The molecule has 0 radical (unpaired) electrons. The first-order valence-electron chi connectivity index (χ1n) is 8.99. The highest BCUT2D eigenvalue weighted by molar-refractivity contribution is 5.76. The summed E-state index contributed by atoms with van der Waals surface area (Å²) in [4.78, 5) is 18.6. The van der Waals surface area contributed by atoms with Crippen LogP contribution in [-0.2, 0) is 4.79 Å². The lowest BCUT2D eigenvalue weighted by Crippen LogP contribution is -2.36. The average molecular weight is 357 g/mol. The molecule has 1 aromatic carbocycles. The third-order valence-electron chi connectivity index (χ3n) is 6.02. The van der Waals surface area contributed by atoms with Gasteiger partial charge in [0, 0.05) is 18.7 Å². The summed E-state index contributed by atoms with van der Waals surface area (Å²) in [5, 5.41) is 13.8. The molecule has 1 aromatic heterocycles. The number of likely N-dealkylation sites (tertiary alicyclic amines) is 1. The molecule has 26 heavy (non-hydrogen) atoms. The van der Waals surface area contributed by atoms with E-state index in [2.05, 4.69) is 15.0 Å². The number of carboxylic acids is 1. The molecule has 1 saturated carbocycles. The molecular weight excluding hydrogens is 334 g/mol. The van der Waals surface area contributed by atoms with Crippen molar-refractivity contribution in [3.8, 4) is 17.1 Å². The van der Waals surface area contributed by atoms with E-state index >= 15 is 0 Å². The van der Waals surface area contributed by atoms with Crippen LogP contribution in [-0.4, -0.2) is 46.3 Å². The van der Waals surface area contributed by atoms with E-state index in [4.69, 9.17) is 9.26 Å². The van der Waals surface area contributed by atoms with Crippen LogP contribution >= 0.6 is 0 Å². The summed E-state index contributed by atoms with van der Waals surface area (Å²) in [5.41, 5.74) is 0.251. The number of ether oxygens (including phenoxy) is 1. The van der Waals surface area contributed by atoms with Gasteiger partial charge in [0.25, 0.3) is 0 Å². The highest BCUT2D eigenvalue weighted by Gasteiger charge is 2.55. The van der Waals surface area contributed by atoms with Crippen LogP contribution < -0.4 is 4.74 Å². The minimum absolute atomic E-state index is 0.101. The lowest BCUT2D eigenvalue weighted by molar-refractivity contribution is -0.149. The van der Waals surface area contributed by atoms with Crippen molar-refractivity contribution in [3.05, 3.63) is 30.2 Å². The molecule has 0 spiro atoms. The minimum atomic E-state index is -0.667. The predicted molar refractivity (Wildman–Crippen MR) is 93.7 cm³/mol. The van der Waals surface area contributed by atoms with Gasteiger partial charge in [0.1, 0.15) is 5.75 Å². The number of nitrogens with zero attached hydrogens (tertiary/aromatic N) is 3. The lowest BCUT2D eigenvalue weighted by Gasteiger charge is -2.25. The molecule has 0 amide bonds. The van der Waals surface area contributed by atoms with E-state index in [0.29, 0.717) is 18.3 Å². The topological polar surface area (TPSA) is 88.7 Å². The van der Waals surface area contributed by atoms with E-state index in [1.54, 1.807) is 7.11 Å². The van der Waals surface area contributed by atoms with Gasteiger partial charge in [-0.15, -0.1) is 0 Å². The van der Waals surface area contributed by atoms with Crippen molar-refractivity contribution in [2.75, 3.05) is 20.2 Å². The number of rotatable bonds is 5. The first-order chi connectivity index (χ1) is 12.5. The van der Waals surface area contributed by atoms with Crippen molar-refractivity contribution in [1.82, 2.24) is 15.0 Å². The number of fused-ring (bicyclic) bond motifs is 1. The van der Waals surface area contributed by atoms with Gasteiger partial charge in [0.05, 0.1) is 18.6 Å². The van der Waals surface area contributed by atoms with Crippen molar-refractivity contribution in [2.45, 2.75) is 32.2 Å². The Hall–Kier alpha value is -2.41. The monoisotopic (exact) mass is 357 g/mol. The minimum Gasteiger partial charge on any atom is -0.497 e. The van der Waals surface area contributed by atoms with E-state index in [1.165, 1.54) is 0 Å². The Morgan fingerprint density at radius 1 is 1.42 bits per heavy atom. The van der Waals surface area contributed by atoms with E-state index in [9.17, 15) is 9.90 Å². The summed E-state index contributed by atoms with van der Waals surface area (Å²) in [6, 6.07) is 7.38. The number of hydrogen-bond donors (Lipinski definition) is 1. The molecule has 7 nitrogen and oxygen atoms in total. The summed E-state index contributed by atoms with van der Waals surface area (Å²) >= 11 is 0. The van der Waals surface area contributed by atoms with Crippen LogP contribution in [0.15, 0.2) is 28.8 Å². The van der Waals surface area contributed by atoms with Crippen LogP contribution in [0.4, 0.5) is 0 Å². The third-order valence-corrected chi connectivity index (χ3v) is 6.02. The Morgan fingerprint density at radius 2 is 2.19 bits per heavy atom. The van der Waals surface area contributed by atoms with Crippen LogP contribution in [0, 0.1) is 11.3 Å². The molecule has 1 aliphatic carbocycles. The molecule has 138 valence electrons. The largest absolute Gasteiger partial charge is 0.497 e. The second-order valence-electron chi connectivity index (χ2n) is 7.34. The van der Waals surface area contributed by atoms with Crippen molar-refractivity contribution in [2.24, 2.45) is 11.3 Å². The number of carboxylic acid groups (broad SMARTS) is 1. The maximum atomic E-state index is 11.9. The summed E-state index contributed by atoms with van der Waals surface area (Å²) in [7, 11) is 1.62. The number of methoxy groups -OCH3 is 1. The molecule has 0 bridgehead atoms. The molecule has 2 aliphatic rings. The molecule has 1 N–H and O–H groups in total. The van der Waals surface area contributed by atoms with Crippen molar-refractivity contribution < 1.29 is 19.2 Å². The zero-order valence-corrected chi connectivity index (χ0v) is 15.0. The van der Waals surface area contributed by atoms with Crippen molar-refractivity contribution in [3.63, 3.8) is 0 Å². The number of aromatic nitrogens is 2. The van der Waals surface area contributed by atoms with E-state index in [0.717, 1.165) is 37.1 Å². The van der Waals surface area contributed by atoms with Crippen molar-refractivity contribution >= 4 is 5.97 Å². The van der Waals surface area contributed by atoms with Crippen LogP contribution in [0.1, 0.15) is 38.1 Å². The van der Waals surface area contributed by atoms with Gasteiger partial charge < -0.3 is 14.4 Å². The van der Waals surface area contributed by atoms with Crippen LogP contribution in [0.2, 0.25) is 0 Å². The standard InChI is InChI=1S/C19H23N3O4/c1-12(22-10-14-4-3-9-19(14,11-22)18(23)24)17-20-16(21-26-17)13-5-7-15(25-2)8-6-13/h5-8,12,14H,3-4,9-11H2,1-2H3,(H,23,24)/t12?,14-,19+/m0/s1. The summed E-state index contributed by atoms with van der Waals surface area (Å²) < 4.78 is 10.6. The number of hydrogen-bond acceptors (Lipinski definition) is 6. The summed E-state index contributed by atoms with van der Waals surface area (Å²) in [6.07, 6.45) is 2.75.